The maximum atomic E-state index is 12.8. The zero-order valence-electron chi connectivity index (χ0n) is 12.6. The second kappa shape index (κ2) is 7.49. The molecule has 0 aliphatic heterocycles. The quantitative estimate of drug-likeness (QED) is 0.754. The Morgan fingerprint density at radius 2 is 1.82 bits per heavy atom. The maximum Gasteiger partial charge on any atom is 0.411 e. The minimum absolute atomic E-state index is 0.0549. The summed E-state index contributed by atoms with van der Waals surface area (Å²) in [7, 11) is 0. The van der Waals surface area contributed by atoms with Gasteiger partial charge in [-0.15, -0.1) is 0 Å². The van der Waals surface area contributed by atoms with Crippen LogP contribution in [0.1, 0.15) is 38.3 Å². The van der Waals surface area contributed by atoms with E-state index in [1.165, 1.54) is 0 Å². The Morgan fingerprint density at radius 3 is 2.32 bits per heavy atom. The van der Waals surface area contributed by atoms with Gasteiger partial charge in [0.2, 0.25) is 0 Å². The molecular weight excluding hydrogens is 297 g/mol. The van der Waals surface area contributed by atoms with Crippen LogP contribution in [0.25, 0.3) is 0 Å². The molecule has 4 nitrogen and oxygen atoms in total. The number of carbonyl (C=O) groups excluding carboxylic acids is 1. The Kier molecular flexibility index (Phi) is 6.22. The first-order valence-electron chi connectivity index (χ1n) is 6.98. The van der Waals surface area contributed by atoms with Gasteiger partial charge in [-0.3, -0.25) is 0 Å². The van der Waals surface area contributed by atoms with E-state index in [1.54, 1.807) is 30.3 Å². The Labute approximate surface area is 127 Å². The summed E-state index contributed by atoms with van der Waals surface area (Å²) < 4.78 is 38.3. The molecule has 0 radical (unpaired) electrons. The van der Waals surface area contributed by atoms with Crippen molar-refractivity contribution in [1.29, 1.82) is 0 Å². The highest BCUT2D eigenvalue weighted by Crippen LogP contribution is 2.29. The average Bonchev–Trinajstić information content (AvgIpc) is 2.42. The Bertz CT molecular complexity index is 475. The topological polar surface area (TPSA) is 61.4 Å². The lowest BCUT2D eigenvalue weighted by Gasteiger charge is -2.30. The van der Waals surface area contributed by atoms with E-state index in [0.29, 0.717) is 12.8 Å². The molecule has 0 heterocycles. The van der Waals surface area contributed by atoms with Crippen LogP contribution >= 0.6 is 0 Å². The summed E-state index contributed by atoms with van der Waals surface area (Å²) in [5.74, 6) is 0. The number of urea groups is 1. The zero-order valence-corrected chi connectivity index (χ0v) is 12.6. The van der Waals surface area contributed by atoms with Crippen molar-refractivity contribution in [3.8, 4) is 0 Å². The normalized spacial score (nSPS) is 13.5. The summed E-state index contributed by atoms with van der Waals surface area (Å²) in [6.45, 7) is 1.75. The van der Waals surface area contributed by atoms with E-state index in [0.717, 1.165) is 19.4 Å². The van der Waals surface area contributed by atoms with Crippen molar-refractivity contribution >= 4 is 6.03 Å². The van der Waals surface area contributed by atoms with E-state index in [-0.39, 0.29) is 6.61 Å². The third kappa shape index (κ3) is 5.22. The Morgan fingerprint density at radius 1 is 1.23 bits per heavy atom. The minimum atomic E-state index is -4.54. The van der Waals surface area contributed by atoms with E-state index < -0.39 is 23.8 Å². The lowest BCUT2D eigenvalue weighted by molar-refractivity contribution is -0.182. The third-order valence-electron chi connectivity index (χ3n) is 3.29. The van der Waals surface area contributed by atoms with Crippen LogP contribution < -0.4 is 10.6 Å². The van der Waals surface area contributed by atoms with Crippen LogP contribution in [0.5, 0.6) is 0 Å². The van der Waals surface area contributed by atoms with Crippen LogP contribution in [0.3, 0.4) is 0 Å². The number of aliphatic hydroxyl groups is 1. The Hall–Kier alpha value is -1.76. The summed E-state index contributed by atoms with van der Waals surface area (Å²) in [6, 6.07) is 7.56. The molecule has 3 N–H and O–H groups in total. The maximum absolute atomic E-state index is 12.8. The number of aliphatic hydroxyl groups excluding tert-OH is 1. The number of rotatable bonds is 6. The van der Waals surface area contributed by atoms with Gasteiger partial charge in [0.15, 0.2) is 0 Å². The van der Waals surface area contributed by atoms with Crippen molar-refractivity contribution < 1.29 is 23.1 Å². The van der Waals surface area contributed by atoms with Crippen molar-refractivity contribution in [2.75, 3.05) is 6.61 Å². The molecule has 0 saturated heterocycles. The smallest absolute Gasteiger partial charge is 0.396 e. The highest BCUT2D eigenvalue weighted by molar-refractivity contribution is 5.75. The summed E-state index contributed by atoms with van der Waals surface area (Å²) in [4.78, 5) is 11.9. The molecule has 0 aliphatic carbocycles. The molecule has 1 aromatic rings. The van der Waals surface area contributed by atoms with E-state index in [2.05, 4.69) is 5.32 Å². The van der Waals surface area contributed by atoms with Gasteiger partial charge in [0.1, 0.15) is 5.54 Å². The summed E-state index contributed by atoms with van der Waals surface area (Å²) in [5, 5.41) is 13.4. The second-order valence-corrected chi connectivity index (χ2v) is 5.55. The van der Waals surface area contributed by atoms with Crippen LogP contribution in [0.2, 0.25) is 0 Å². The molecular formula is C15H21F3N2O2. The van der Waals surface area contributed by atoms with E-state index in [1.807, 2.05) is 5.32 Å². The molecule has 1 unspecified atom stereocenters. The molecule has 0 aliphatic rings. The molecule has 1 rings (SSSR count). The first-order chi connectivity index (χ1) is 10.2. The number of benzene rings is 1. The molecule has 22 heavy (non-hydrogen) atoms. The van der Waals surface area contributed by atoms with Gasteiger partial charge in [-0.25, -0.2) is 4.79 Å². The summed E-state index contributed by atoms with van der Waals surface area (Å²) >= 11 is 0. The van der Waals surface area contributed by atoms with Gasteiger partial charge >= 0.3 is 12.2 Å². The van der Waals surface area contributed by atoms with E-state index in [4.69, 9.17) is 5.11 Å². The van der Waals surface area contributed by atoms with Crippen LogP contribution in [0.4, 0.5) is 18.0 Å². The molecule has 0 fully saturated rings. The molecule has 0 spiro atoms. The average molecular weight is 318 g/mol. The van der Waals surface area contributed by atoms with E-state index >= 15 is 0 Å². The van der Waals surface area contributed by atoms with Crippen molar-refractivity contribution in [2.45, 2.75) is 44.4 Å². The number of alkyl halides is 3. The van der Waals surface area contributed by atoms with Crippen molar-refractivity contribution in [3.05, 3.63) is 35.9 Å². The molecule has 1 aromatic carbocycles. The fourth-order valence-electron chi connectivity index (χ4n) is 1.85. The molecule has 0 aromatic heterocycles. The number of hydrogen-bond acceptors (Lipinski definition) is 2. The molecule has 7 heteroatoms. The number of nitrogens with one attached hydrogen (secondary N) is 2. The van der Waals surface area contributed by atoms with Crippen LogP contribution in [0, 0.1) is 0 Å². The molecule has 0 saturated carbocycles. The summed E-state index contributed by atoms with van der Waals surface area (Å²) in [5.41, 5.74) is -1.55. The van der Waals surface area contributed by atoms with Gasteiger partial charge in [-0.2, -0.15) is 13.2 Å². The van der Waals surface area contributed by atoms with Gasteiger partial charge in [0.25, 0.3) is 0 Å². The lowest BCUT2D eigenvalue weighted by Crippen LogP contribution is -2.57. The molecule has 1 atom stereocenters. The number of amides is 2. The monoisotopic (exact) mass is 318 g/mol. The van der Waals surface area contributed by atoms with Crippen LogP contribution in [0.15, 0.2) is 30.3 Å². The number of halogens is 3. The van der Waals surface area contributed by atoms with Crippen molar-refractivity contribution in [2.24, 2.45) is 0 Å². The van der Waals surface area contributed by atoms with Gasteiger partial charge in [0.05, 0.1) is 6.04 Å². The zero-order chi connectivity index (χ0) is 16.8. The first-order valence-corrected chi connectivity index (χ1v) is 6.98. The fourth-order valence-corrected chi connectivity index (χ4v) is 1.85. The van der Waals surface area contributed by atoms with E-state index in [9.17, 15) is 18.0 Å². The highest BCUT2D eigenvalue weighted by Gasteiger charge is 2.48. The first kappa shape index (κ1) is 18.3. The summed E-state index contributed by atoms with van der Waals surface area (Å²) in [6.07, 6.45) is -3.68. The van der Waals surface area contributed by atoms with Crippen molar-refractivity contribution in [1.82, 2.24) is 10.6 Å². The number of carbonyl (C=O) groups is 1. The Balaban J connectivity index is 2.76. The second-order valence-electron chi connectivity index (χ2n) is 5.55. The largest absolute Gasteiger partial charge is 0.411 e. The molecule has 124 valence electrons. The van der Waals surface area contributed by atoms with Crippen LogP contribution in [-0.2, 0) is 0 Å². The standard InChI is InChI=1S/C15H21F3N2O2/c1-14(2,15(16,17)18)20-13(22)19-12(9-6-10-21)11-7-4-3-5-8-11/h3-5,7-8,12,21H,6,9-10H2,1-2H3,(H2,19,20,22). The lowest BCUT2D eigenvalue weighted by atomic mass is 10.0. The predicted molar refractivity (Wildman–Crippen MR) is 77.3 cm³/mol. The molecule has 2 amide bonds. The number of hydrogen-bond donors (Lipinski definition) is 3. The van der Waals surface area contributed by atoms with Gasteiger partial charge in [0, 0.05) is 6.61 Å². The van der Waals surface area contributed by atoms with Crippen molar-refractivity contribution in [3.63, 3.8) is 0 Å². The van der Waals surface area contributed by atoms with Gasteiger partial charge in [-0.1, -0.05) is 30.3 Å². The highest BCUT2D eigenvalue weighted by atomic mass is 19.4. The minimum Gasteiger partial charge on any atom is -0.396 e. The van der Waals surface area contributed by atoms with Gasteiger partial charge in [-0.05, 0) is 32.3 Å². The fraction of sp³-hybridized carbons (Fsp3) is 0.533. The van der Waals surface area contributed by atoms with Gasteiger partial charge < -0.3 is 15.7 Å². The third-order valence-corrected chi connectivity index (χ3v) is 3.29. The van der Waals surface area contributed by atoms with Crippen LogP contribution in [-0.4, -0.2) is 29.5 Å². The molecule has 0 bridgehead atoms. The predicted octanol–water partition coefficient (Wildman–Crippen LogP) is 3.14. The SMILES string of the molecule is CC(C)(NC(=O)NC(CCCO)c1ccccc1)C(F)(F)F.